The first kappa shape index (κ1) is 45.9. The molecule has 0 atom stereocenters. The highest BCUT2D eigenvalue weighted by atomic mass is 32.2. The minimum atomic E-state index is -4.65. The fourth-order valence-corrected chi connectivity index (χ4v) is 9.94. The molecule has 334 valence electrons. The average Bonchev–Trinajstić information content (AvgIpc) is 3.91. The molecule has 0 fully saturated rings. The van der Waals surface area contributed by atoms with Crippen LogP contribution in [0, 0.1) is 0 Å². The van der Waals surface area contributed by atoms with Crippen molar-refractivity contribution in [1.29, 1.82) is 0 Å². The molecule has 0 aliphatic rings. The van der Waals surface area contributed by atoms with Crippen LogP contribution in [-0.2, 0) is 10.1 Å². The van der Waals surface area contributed by atoms with Gasteiger partial charge in [-0.2, -0.15) is 23.4 Å². The summed E-state index contributed by atoms with van der Waals surface area (Å²) in [5, 5.41) is 35.4. The second kappa shape index (κ2) is 20.6. The van der Waals surface area contributed by atoms with E-state index in [4.69, 9.17) is 19.4 Å². The molecule has 0 bridgehead atoms. The summed E-state index contributed by atoms with van der Waals surface area (Å²) < 4.78 is 46.3. The van der Waals surface area contributed by atoms with Gasteiger partial charge in [0.25, 0.3) is 10.1 Å². The lowest BCUT2D eigenvalue weighted by Crippen LogP contribution is -2.21. The van der Waals surface area contributed by atoms with E-state index in [1.165, 1.54) is 36.3 Å². The number of anilines is 6. The summed E-state index contributed by atoms with van der Waals surface area (Å²) in [6.07, 6.45) is 0. The van der Waals surface area contributed by atoms with Crippen molar-refractivity contribution in [1.82, 2.24) is 24.9 Å². The van der Waals surface area contributed by atoms with E-state index in [0.29, 0.717) is 44.3 Å². The molecule has 7 rings (SSSR count). The van der Waals surface area contributed by atoms with Crippen LogP contribution in [0.2, 0.25) is 0 Å². The number of hydrogen-bond donors (Lipinski definition) is 4. The third-order valence-electron chi connectivity index (χ3n) is 9.66. The van der Waals surface area contributed by atoms with Crippen molar-refractivity contribution in [2.45, 2.75) is 37.7 Å². The maximum absolute atomic E-state index is 12.3. The summed E-state index contributed by atoms with van der Waals surface area (Å²) in [7, 11) is -1.72. The van der Waals surface area contributed by atoms with Crippen LogP contribution in [0.4, 0.5) is 56.3 Å². The predicted octanol–water partition coefficient (Wildman–Crippen LogP) is 10.4. The molecule has 0 saturated heterocycles. The predicted molar refractivity (Wildman–Crippen MR) is 255 cm³/mol. The molecule has 3 heterocycles. The quantitative estimate of drug-likeness (QED) is 0.0316. The Labute approximate surface area is 381 Å². The van der Waals surface area contributed by atoms with Gasteiger partial charge in [0.05, 0.1) is 52.6 Å². The van der Waals surface area contributed by atoms with E-state index in [1.54, 1.807) is 19.2 Å². The number of azo groups is 2. The van der Waals surface area contributed by atoms with Crippen molar-refractivity contribution >= 4 is 121 Å². The molecule has 0 aliphatic heterocycles. The Kier molecular flexibility index (Phi) is 14.8. The van der Waals surface area contributed by atoms with Gasteiger partial charge >= 0.3 is 0 Å². The Hall–Kier alpha value is -6.11. The summed E-state index contributed by atoms with van der Waals surface area (Å²) in [5.74, 6) is 1.40. The van der Waals surface area contributed by atoms with E-state index in [2.05, 4.69) is 83.5 Å². The zero-order chi connectivity index (χ0) is 45.4. The lowest BCUT2D eigenvalue weighted by Gasteiger charge is -2.22. The molecule has 64 heavy (non-hydrogen) atoms. The third kappa shape index (κ3) is 10.6. The van der Waals surface area contributed by atoms with Gasteiger partial charge in [-0.1, -0.05) is 34.4 Å². The number of thioether (sulfide) groups is 1. The van der Waals surface area contributed by atoms with E-state index < -0.39 is 15.0 Å². The van der Waals surface area contributed by atoms with Crippen LogP contribution in [0.5, 0.6) is 11.5 Å². The van der Waals surface area contributed by atoms with Crippen LogP contribution < -0.4 is 29.9 Å². The second-order valence-electron chi connectivity index (χ2n) is 13.5. The van der Waals surface area contributed by atoms with Crippen LogP contribution >= 0.6 is 34.4 Å². The fourth-order valence-electron chi connectivity index (χ4n) is 6.55. The van der Waals surface area contributed by atoms with Gasteiger partial charge in [-0.25, -0.2) is 9.97 Å². The normalized spacial score (nSPS) is 11.9. The summed E-state index contributed by atoms with van der Waals surface area (Å²) in [4.78, 5) is 27.2. The molecule has 19 nitrogen and oxygen atoms in total. The first-order valence-electron chi connectivity index (χ1n) is 20.0. The minimum Gasteiger partial charge on any atom is -0.497 e. The summed E-state index contributed by atoms with van der Waals surface area (Å²) in [5.41, 5.74) is 4.91. The largest absolute Gasteiger partial charge is 0.497 e. The van der Waals surface area contributed by atoms with Crippen LogP contribution in [0.1, 0.15) is 27.7 Å². The number of aromatic nitrogens is 5. The third-order valence-corrected chi connectivity index (χ3v) is 13.4. The van der Waals surface area contributed by atoms with Crippen molar-refractivity contribution < 1.29 is 27.6 Å². The molecular weight excluding hydrogens is 899 g/mol. The van der Waals surface area contributed by atoms with Crippen molar-refractivity contribution in [2.75, 3.05) is 73.2 Å². The Morgan fingerprint density at radius 2 is 1.25 bits per heavy atom. The minimum absolute atomic E-state index is 0.0216. The molecule has 7 aromatic rings. The van der Waals surface area contributed by atoms with Crippen LogP contribution in [0.15, 0.2) is 97.2 Å². The Morgan fingerprint density at radius 1 is 0.688 bits per heavy atom. The van der Waals surface area contributed by atoms with E-state index >= 15 is 0 Å². The van der Waals surface area contributed by atoms with E-state index in [0.717, 1.165) is 64.9 Å². The van der Waals surface area contributed by atoms with E-state index in [-0.39, 0.29) is 34.1 Å². The number of nitrogens with zero attached hydrogens (tertiary/aromatic N) is 11. The molecule has 23 heteroatoms. The Balaban J connectivity index is 1.26. The SMILES string of the molecule is CCN(CC)c1ccc(/N=N/c2nc3ccc(OC)cc3s2)c(Nc2nc(Nc3cc(N(CC)CC)ccc3/N=N/c3nc4ccc(OC)c(S(=O)(=O)O)c4s3)nc(SCCO)n2)c1. The monoisotopic (exact) mass is 943 g/mol. The lowest BCUT2D eigenvalue weighted by molar-refractivity contribution is 0.322. The summed E-state index contributed by atoms with van der Waals surface area (Å²) in [6.45, 7) is 11.2. The first-order chi connectivity index (χ1) is 31.0. The van der Waals surface area contributed by atoms with E-state index in [9.17, 15) is 18.1 Å². The van der Waals surface area contributed by atoms with Crippen LogP contribution in [0.25, 0.3) is 20.4 Å². The van der Waals surface area contributed by atoms with Crippen LogP contribution in [0.3, 0.4) is 0 Å². The second-order valence-corrected chi connectivity index (χ2v) is 17.9. The highest BCUT2D eigenvalue weighted by Crippen LogP contribution is 2.41. The van der Waals surface area contributed by atoms with E-state index in [1.807, 2.05) is 48.5 Å². The average molecular weight is 944 g/mol. The van der Waals surface area contributed by atoms with Gasteiger partial charge in [-0.05, 0) is 94.4 Å². The standard InChI is InChI=1S/C41H45N13O6S4/c1-7-53(8-2)24-11-14-27(49-51-40-44-29-16-13-26(59-5)23-34(29)62-40)31(21-24)42-37-46-38(48-39(47-37)61-20-19-55)43-32-22-25(54(9-3)10-4)12-15-28(32)50-52-41-45-30-17-18-33(60-6)36(35(30)63-41)64(56,57)58/h11-18,21-23,55H,7-10,19-20H2,1-6H3,(H,56,57,58)(H2,42,43,46,47,48)/b51-49+,52-50+. The summed E-state index contributed by atoms with van der Waals surface area (Å²) >= 11 is 3.59. The number of nitrogens with one attached hydrogen (secondary N) is 2. The van der Waals surface area contributed by atoms with Gasteiger partial charge in [0.1, 0.15) is 22.9 Å². The smallest absolute Gasteiger partial charge is 0.299 e. The van der Waals surface area contributed by atoms with Gasteiger partial charge in [0.15, 0.2) is 10.1 Å². The highest BCUT2D eigenvalue weighted by Gasteiger charge is 2.24. The molecule has 0 spiro atoms. The number of rotatable bonds is 20. The number of aliphatic hydroxyl groups excluding tert-OH is 1. The topological polar surface area (TPSA) is 237 Å². The Morgan fingerprint density at radius 3 is 1.78 bits per heavy atom. The molecule has 0 unspecified atom stereocenters. The molecule has 3 aromatic heterocycles. The lowest BCUT2D eigenvalue weighted by atomic mass is 10.2. The molecule has 0 aliphatic carbocycles. The zero-order valence-electron chi connectivity index (χ0n) is 35.7. The molecular formula is C41H45N13O6S4. The van der Waals surface area contributed by atoms with Gasteiger partial charge in [0.2, 0.25) is 22.2 Å². The van der Waals surface area contributed by atoms with Gasteiger partial charge in [-0.15, -0.1) is 20.5 Å². The number of aliphatic hydroxyl groups is 1. The number of methoxy groups -OCH3 is 2. The molecule has 4 N–H and O–H groups in total. The maximum Gasteiger partial charge on any atom is 0.299 e. The fraction of sp³-hybridized carbons (Fsp3) is 0.293. The number of ether oxygens (including phenoxy) is 2. The molecule has 0 saturated carbocycles. The molecule has 4 aromatic carbocycles. The number of benzene rings is 4. The van der Waals surface area contributed by atoms with Crippen molar-refractivity contribution in [2.24, 2.45) is 20.5 Å². The number of fused-ring (bicyclic) bond motifs is 2. The van der Waals surface area contributed by atoms with Gasteiger partial charge in [0, 0.05) is 43.3 Å². The van der Waals surface area contributed by atoms with Crippen molar-refractivity contribution in [3.8, 4) is 11.5 Å². The Bertz CT molecular complexity index is 2940. The summed E-state index contributed by atoms with van der Waals surface area (Å²) in [6, 6.07) is 20.1. The highest BCUT2D eigenvalue weighted by molar-refractivity contribution is 7.99. The zero-order valence-corrected chi connectivity index (χ0v) is 38.9. The van der Waals surface area contributed by atoms with Crippen LogP contribution in [-0.4, -0.2) is 95.8 Å². The van der Waals surface area contributed by atoms with Crippen molar-refractivity contribution in [3.63, 3.8) is 0 Å². The molecule has 0 amide bonds. The number of hydrogen-bond acceptors (Lipinski definition) is 21. The maximum atomic E-state index is 12.3. The van der Waals surface area contributed by atoms with Gasteiger partial charge < -0.3 is 35.0 Å². The van der Waals surface area contributed by atoms with Gasteiger partial charge in [-0.3, -0.25) is 4.55 Å². The first-order valence-corrected chi connectivity index (χ1v) is 24.1. The molecule has 0 radical (unpaired) electrons. The number of thiazole rings is 2. The van der Waals surface area contributed by atoms with Crippen molar-refractivity contribution in [3.05, 3.63) is 66.7 Å².